The van der Waals surface area contributed by atoms with E-state index in [4.69, 9.17) is 4.74 Å². The van der Waals surface area contributed by atoms with Crippen LogP contribution < -0.4 is 5.32 Å². The zero-order chi connectivity index (χ0) is 16.6. The number of nitrogens with one attached hydrogen (secondary N) is 1. The molecule has 0 spiro atoms. The van der Waals surface area contributed by atoms with Gasteiger partial charge in [-0.05, 0) is 5.56 Å². The van der Waals surface area contributed by atoms with Crippen molar-refractivity contribution in [3.8, 4) is 0 Å². The Morgan fingerprint density at radius 3 is 2.70 bits per heavy atom. The van der Waals surface area contributed by atoms with Crippen molar-refractivity contribution in [2.24, 2.45) is 0 Å². The quantitative estimate of drug-likeness (QED) is 0.648. The Bertz CT molecular complexity index is 676. The Kier molecular flexibility index (Phi) is 4.12. The van der Waals surface area contributed by atoms with Crippen LogP contribution in [0.3, 0.4) is 0 Å². The standard InChI is InChI=1S/C16H16N2O4S/c1-9-13(16(21)22-2)18-14(20)12(15(18)23-9)17-11(19)8-10-6-4-3-5-7-10/h3-7,12-13,15H,1,8H2,2H3,(H,17,19). The van der Waals surface area contributed by atoms with E-state index in [0.717, 1.165) is 5.56 Å². The van der Waals surface area contributed by atoms with Crippen LogP contribution in [-0.4, -0.2) is 47.3 Å². The number of esters is 1. The summed E-state index contributed by atoms with van der Waals surface area (Å²) in [4.78, 5) is 38.1. The lowest BCUT2D eigenvalue weighted by atomic mass is 10.0. The molecule has 6 nitrogen and oxygen atoms in total. The molecule has 1 aromatic rings. The van der Waals surface area contributed by atoms with Gasteiger partial charge in [-0.3, -0.25) is 9.59 Å². The van der Waals surface area contributed by atoms with E-state index in [0.29, 0.717) is 4.91 Å². The number of carbonyl (C=O) groups is 3. The SMILES string of the molecule is C=C1SC2C(NC(=O)Cc3ccccc3)C(=O)N2C1C(=O)OC. The van der Waals surface area contributed by atoms with Crippen LogP contribution in [0.2, 0.25) is 0 Å². The van der Waals surface area contributed by atoms with Crippen LogP contribution in [0.4, 0.5) is 0 Å². The summed E-state index contributed by atoms with van der Waals surface area (Å²) in [6, 6.07) is 7.92. The summed E-state index contributed by atoms with van der Waals surface area (Å²) in [5.41, 5.74) is 0.879. The Balaban J connectivity index is 1.63. The molecule has 3 rings (SSSR count). The molecule has 23 heavy (non-hydrogen) atoms. The Morgan fingerprint density at radius 1 is 1.35 bits per heavy atom. The minimum atomic E-state index is -0.759. The number of ether oxygens (including phenoxy) is 1. The molecule has 0 radical (unpaired) electrons. The molecule has 7 heteroatoms. The van der Waals surface area contributed by atoms with E-state index < -0.39 is 18.1 Å². The van der Waals surface area contributed by atoms with Gasteiger partial charge in [-0.25, -0.2) is 4.79 Å². The number of fused-ring (bicyclic) bond motifs is 1. The third-order valence-electron chi connectivity index (χ3n) is 3.88. The van der Waals surface area contributed by atoms with E-state index in [1.165, 1.54) is 23.8 Å². The van der Waals surface area contributed by atoms with E-state index in [2.05, 4.69) is 11.9 Å². The van der Waals surface area contributed by atoms with Gasteiger partial charge in [0.15, 0.2) is 6.04 Å². The predicted molar refractivity (Wildman–Crippen MR) is 85.2 cm³/mol. The van der Waals surface area contributed by atoms with Crippen LogP contribution in [0.5, 0.6) is 0 Å². The molecule has 2 saturated heterocycles. The van der Waals surface area contributed by atoms with Crippen LogP contribution in [0.15, 0.2) is 41.8 Å². The average molecular weight is 332 g/mol. The second-order valence-corrected chi connectivity index (χ2v) is 6.60. The molecule has 3 atom stereocenters. The lowest BCUT2D eigenvalue weighted by molar-refractivity contribution is -0.160. The van der Waals surface area contributed by atoms with Crippen LogP contribution in [0, 0.1) is 0 Å². The van der Waals surface area contributed by atoms with Crippen LogP contribution >= 0.6 is 11.8 Å². The molecule has 3 unspecified atom stereocenters. The Labute approximate surface area is 137 Å². The van der Waals surface area contributed by atoms with Crippen LogP contribution in [0.1, 0.15) is 5.56 Å². The number of β-lactam (4-membered cyclic amide) rings is 1. The maximum atomic E-state index is 12.3. The fourth-order valence-electron chi connectivity index (χ4n) is 2.76. The molecule has 2 heterocycles. The molecule has 0 aromatic heterocycles. The molecular formula is C16H16N2O4S. The number of methoxy groups -OCH3 is 1. The van der Waals surface area contributed by atoms with Crippen molar-refractivity contribution in [1.29, 1.82) is 0 Å². The van der Waals surface area contributed by atoms with Crippen molar-refractivity contribution in [2.75, 3.05) is 7.11 Å². The largest absolute Gasteiger partial charge is 0.467 e. The molecule has 0 aliphatic carbocycles. The fourth-order valence-corrected chi connectivity index (χ4v) is 4.06. The zero-order valence-corrected chi connectivity index (χ0v) is 13.3. The van der Waals surface area contributed by atoms with E-state index in [9.17, 15) is 14.4 Å². The van der Waals surface area contributed by atoms with Gasteiger partial charge in [-0.15, -0.1) is 11.8 Å². The summed E-state index contributed by atoms with van der Waals surface area (Å²) in [6.07, 6.45) is 0.212. The van der Waals surface area contributed by atoms with E-state index in [1.807, 2.05) is 30.3 Å². The first-order chi connectivity index (χ1) is 11.0. The lowest BCUT2D eigenvalue weighted by Crippen LogP contribution is -2.70. The number of thioether (sulfide) groups is 1. The highest BCUT2D eigenvalue weighted by Crippen LogP contribution is 2.46. The third kappa shape index (κ3) is 2.72. The monoisotopic (exact) mass is 332 g/mol. The average Bonchev–Trinajstić information content (AvgIpc) is 2.86. The van der Waals surface area contributed by atoms with Crippen molar-refractivity contribution in [1.82, 2.24) is 10.2 Å². The van der Waals surface area contributed by atoms with Gasteiger partial charge in [-0.1, -0.05) is 36.9 Å². The number of carbonyl (C=O) groups excluding carboxylic acids is 3. The van der Waals surface area contributed by atoms with Gasteiger partial charge in [0.05, 0.1) is 13.5 Å². The normalized spacial score (nSPS) is 25.6. The molecule has 2 aliphatic heterocycles. The van der Waals surface area contributed by atoms with E-state index >= 15 is 0 Å². The summed E-state index contributed by atoms with van der Waals surface area (Å²) in [5, 5.41) is 2.45. The number of amides is 2. The third-order valence-corrected chi connectivity index (χ3v) is 5.15. The molecule has 2 fully saturated rings. The minimum absolute atomic E-state index is 0.212. The summed E-state index contributed by atoms with van der Waals surface area (Å²) in [5.74, 6) is -1.01. The van der Waals surface area contributed by atoms with Gasteiger partial charge in [0.2, 0.25) is 11.8 Å². The second kappa shape index (κ2) is 6.08. The molecule has 120 valence electrons. The van der Waals surface area contributed by atoms with Gasteiger partial charge in [0, 0.05) is 4.91 Å². The topological polar surface area (TPSA) is 75.7 Å². The van der Waals surface area contributed by atoms with E-state index in [-0.39, 0.29) is 23.6 Å². The van der Waals surface area contributed by atoms with Gasteiger partial charge in [0.25, 0.3) is 0 Å². The minimum Gasteiger partial charge on any atom is -0.467 e. The van der Waals surface area contributed by atoms with Gasteiger partial charge >= 0.3 is 5.97 Å². The van der Waals surface area contributed by atoms with Crippen LogP contribution in [-0.2, 0) is 25.5 Å². The summed E-state index contributed by atoms with van der Waals surface area (Å²) in [6.45, 7) is 3.82. The maximum absolute atomic E-state index is 12.3. The number of hydrogen-bond acceptors (Lipinski definition) is 5. The predicted octanol–water partition coefficient (Wildman–Crippen LogP) is 0.684. The van der Waals surface area contributed by atoms with Crippen molar-refractivity contribution in [3.63, 3.8) is 0 Å². The first-order valence-corrected chi connectivity index (χ1v) is 7.99. The smallest absolute Gasteiger partial charge is 0.333 e. The van der Waals surface area contributed by atoms with Crippen molar-refractivity contribution in [3.05, 3.63) is 47.4 Å². The first-order valence-electron chi connectivity index (χ1n) is 7.11. The molecule has 1 aromatic carbocycles. The molecule has 2 aliphatic rings. The van der Waals surface area contributed by atoms with Gasteiger partial charge in [0.1, 0.15) is 11.4 Å². The van der Waals surface area contributed by atoms with Crippen molar-refractivity contribution in [2.45, 2.75) is 23.9 Å². The van der Waals surface area contributed by atoms with Gasteiger partial charge in [-0.2, -0.15) is 0 Å². The summed E-state index contributed by atoms with van der Waals surface area (Å²) >= 11 is 1.32. The summed E-state index contributed by atoms with van der Waals surface area (Å²) < 4.78 is 4.71. The summed E-state index contributed by atoms with van der Waals surface area (Å²) in [7, 11) is 1.27. The molecular weight excluding hydrogens is 316 g/mol. The van der Waals surface area contributed by atoms with Crippen molar-refractivity contribution >= 4 is 29.5 Å². The number of hydrogen-bond donors (Lipinski definition) is 1. The zero-order valence-electron chi connectivity index (χ0n) is 12.5. The highest BCUT2D eigenvalue weighted by molar-refractivity contribution is 8.04. The van der Waals surface area contributed by atoms with Gasteiger partial charge < -0.3 is 15.0 Å². The molecule has 0 saturated carbocycles. The van der Waals surface area contributed by atoms with Crippen LogP contribution in [0.25, 0.3) is 0 Å². The first kappa shape index (κ1) is 15.6. The lowest BCUT2D eigenvalue weighted by Gasteiger charge is -2.43. The number of rotatable bonds is 4. The Hall–Kier alpha value is -2.28. The number of nitrogens with zero attached hydrogens (tertiary/aromatic N) is 1. The Morgan fingerprint density at radius 2 is 2.04 bits per heavy atom. The molecule has 2 amide bonds. The molecule has 1 N–H and O–H groups in total. The highest BCUT2D eigenvalue weighted by Gasteiger charge is 2.59. The van der Waals surface area contributed by atoms with E-state index in [1.54, 1.807) is 0 Å². The second-order valence-electron chi connectivity index (χ2n) is 5.35. The number of benzene rings is 1. The molecule has 0 bridgehead atoms. The maximum Gasteiger partial charge on any atom is 0.333 e. The highest BCUT2D eigenvalue weighted by atomic mass is 32.2. The fraction of sp³-hybridized carbons (Fsp3) is 0.312. The van der Waals surface area contributed by atoms with Crippen molar-refractivity contribution < 1.29 is 19.1 Å².